The highest BCUT2D eigenvalue weighted by atomic mass is 35.5. The maximum Gasteiger partial charge on any atom is 0.0587 e. The Morgan fingerprint density at radius 2 is 1.65 bits per heavy atom. The topological polar surface area (TPSA) is 21.3 Å². The van der Waals surface area contributed by atoms with E-state index in [0.717, 1.165) is 48.1 Å². The Labute approximate surface area is 148 Å². The van der Waals surface area contributed by atoms with E-state index in [-0.39, 0.29) is 0 Å². The molecule has 23 heavy (non-hydrogen) atoms. The maximum atomic E-state index is 6.35. The van der Waals surface area contributed by atoms with E-state index in [2.05, 4.69) is 29.6 Å². The second-order valence-corrected chi connectivity index (χ2v) is 6.36. The molecule has 0 aliphatic heterocycles. The number of methoxy groups -OCH3 is 1. The minimum absolute atomic E-state index is 0.378. The summed E-state index contributed by atoms with van der Waals surface area (Å²) in [4.78, 5) is 0. The van der Waals surface area contributed by atoms with Crippen LogP contribution in [0.4, 0.5) is 0 Å². The number of benzene rings is 2. The molecule has 0 amide bonds. The molecule has 1 N–H and O–H groups in total. The lowest BCUT2D eigenvalue weighted by Gasteiger charge is -2.19. The van der Waals surface area contributed by atoms with E-state index >= 15 is 0 Å². The molecule has 2 nitrogen and oxygen atoms in total. The van der Waals surface area contributed by atoms with E-state index in [1.54, 1.807) is 7.11 Å². The van der Waals surface area contributed by atoms with Crippen molar-refractivity contribution in [2.75, 3.05) is 26.8 Å². The summed E-state index contributed by atoms with van der Waals surface area (Å²) in [5.41, 5.74) is 2.35. The van der Waals surface area contributed by atoms with Gasteiger partial charge in [0, 0.05) is 23.7 Å². The molecule has 4 heteroatoms. The van der Waals surface area contributed by atoms with Crippen molar-refractivity contribution in [2.45, 2.75) is 18.8 Å². The van der Waals surface area contributed by atoms with Crippen molar-refractivity contribution < 1.29 is 4.74 Å². The van der Waals surface area contributed by atoms with Crippen molar-refractivity contribution in [1.82, 2.24) is 5.32 Å². The summed E-state index contributed by atoms with van der Waals surface area (Å²) in [5, 5.41) is 4.89. The van der Waals surface area contributed by atoms with Crippen LogP contribution in [0.3, 0.4) is 0 Å². The van der Waals surface area contributed by atoms with Crippen molar-refractivity contribution >= 4 is 23.2 Å². The zero-order chi connectivity index (χ0) is 16.5. The van der Waals surface area contributed by atoms with Crippen molar-refractivity contribution in [2.24, 2.45) is 0 Å². The lowest BCUT2D eigenvalue weighted by Crippen LogP contribution is -2.22. The monoisotopic (exact) mass is 351 g/mol. The molecular weight excluding hydrogens is 329 g/mol. The van der Waals surface area contributed by atoms with Crippen LogP contribution in [0.2, 0.25) is 10.0 Å². The zero-order valence-electron chi connectivity index (χ0n) is 13.4. The van der Waals surface area contributed by atoms with Crippen LogP contribution < -0.4 is 5.32 Å². The summed E-state index contributed by atoms with van der Waals surface area (Å²) < 4.78 is 5.06. The molecule has 2 aromatic rings. The van der Waals surface area contributed by atoms with Crippen LogP contribution >= 0.6 is 23.2 Å². The number of ether oxygens (including phenoxy) is 1. The Bertz CT molecular complexity index is 569. The highest BCUT2D eigenvalue weighted by Gasteiger charge is 2.16. The predicted octanol–water partition coefficient (Wildman–Crippen LogP) is 4.95. The van der Waals surface area contributed by atoms with Gasteiger partial charge in [-0.1, -0.05) is 59.6 Å². The van der Waals surface area contributed by atoms with Gasteiger partial charge in [0.05, 0.1) is 6.61 Å². The molecule has 0 aliphatic rings. The fourth-order valence-electron chi connectivity index (χ4n) is 2.66. The maximum absolute atomic E-state index is 6.35. The molecule has 1 unspecified atom stereocenters. The highest BCUT2D eigenvalue weighted by molar-refractivity contribution is 6.36. The fraction of sp³-hybridized carbons (Fsp3) is 0.368. The average Bonchev–Trinajstić information content (AvgIpc) is 2.57. The first-order valence-electron chi connectivity index (χ1n) is 7.90. The summed E-state index contributed by atoms with van der Waals surface area (Å²) in [5.74, 6) is 0.378. The van der Waals surface area contributed by atoms with Crippen molar-refractivity contribution in [3.8, 4) is 0 Å². The minimum Gasteiger partial charge on any atom is -0.383 e. The van der Waals surface area contributed by atoms with Gasteiger partial charge in [-0.15, -0.1) is 0 Å². The van der Waals surface area contributed by atoms with Crippen LogP contribution in [0.15, 0.2) is 48.5 Å². The molecule has 0 spiro atoms. The number of hydrogen-bond donors (Lipinski definition) is 1. The van der Waals surface area contributed by atoms with Crippen LogP contribution in [-0.4, -0.2) is 26.8 Å². The standard InChI is InChI=1S/C19H23Cl2NO/c1-23-13-12-22-11-10-16(15-6-3-2-4-7-15)14-17-18(20)8-5-9-19(17)21/h2-9,16,22H,10-14H2,1H3. The summed E-state index contributed by atoms with van der Waals surface area (Å²) in [6, 6.07) is 16.2. The molecule has 0 aromatic heterocycles. The average molecular weight is 352 g/mol. The van der Waals surface area contributed by atoms with Crippen molar-refractivity contribution in [3.63, 3.8) is 0 Å². The predicted molar refractivity (Wildman–Crippen MR) is 98.7 cm³/mol. The smallest absolute Gasteiger partial charge is 0.0587 e. The van der Waals surface area contributed by atoms with Gasteiger partial charge in [0.1, 0.15) is 0 Å². The first-order valence-corrected chi connectivity index (χ1v) is 8.65. The molecule has 0 saturated carbocycles. The van der Waals surface area contributed by atoms with E-state index < -0.39 is 0 Å². The number of hydrogen-bond acceptors (Lipinski definition) is 2. The Kier molecular flexibility index (Phi) is 7.90. The van der Waals surface area contributed by atoms with Crippen LogP contribution in [0.5, 0.6) is 0 Å². The fourth-order valence-corrected chi connectivity index (χ4v) is 3.21. The lowest BCUT2D eigenvalue weighted by atomic mass is 9.89. The normalized spacial score (nSPS) is 12.3. The number of rotatable bonds is 9. The minimum atomic E-state index is 0.378. The van der Waals surface area contributed by atoms with E-state index in [0.29, 0.717) is 5.92 Å². The second-order valence-electron chi connectivity index (χ2n) is 5.54. The van der Waals surface area contributed by atoms with E-state index in [1.807, 2.05) is 24.3 Å². The van der Waals surface area contributed by atoms with Crippen molar-refractivity contribution in [1.29, 1.82) is 0 Å². The molecular formula is C19H23Cl2NO. The first kappa shape index (κ1) is 18.3. The lowest BCUT2D eigenvalue weighted by molar-refractivity contribution is 0.199. The third kappa shape index (κ3) is 5.82. The summed E-state index contributed by atoms with van der Waals surface area (Å²) in [7, 11) is 1.72. The Morgan fingerprint density at radius 1 is 0.957 bits per heavy atom. The zero-order valence-corrected chi connectivity index (χ0v) is 14.9. The second kappa shape index (κ2) is 9.94. The molecule has 0 radical (unpaired) electrons. The molecule has 124 valence electrons. The number of halogens is 2. The molecule has 0 bridgehead atoms. The molecule has 1 atom stereocenters. The van der Waals surface area contributed by atoms with Gasteiger partial charge in [0.15, 0.2) is 0 Å². The van der Waals surface area contributed by atoms with Crippen molar-refractivity contribution in [3.05, 3.63) is 69.7 Å². The van der Waals surface area contributed by atoms with E-state index in [1.165, 1.54) is 5.56 Å². The molecule has 2 rings (SSSR count). The summed E-state index contributed by atoms with van der Waals surface area (Å²) in [6.07, 6.45) is 1.86. The molecule has 0 fully saturated rings. The van der Waals surface area contributed by atoms with Gasteiger partial charge >= 0.3 is 0 Å². The highest BCUT2D eigenvalue weighted by Crippen LogP contribution is 2.31. The third-order valence-corrected chi connectivity index (χ3v) is 4.64. The van der Waals surface area contributed by atoms with E-state index in [4.69, 9.17) is 27.9 Å². The number of nitrogens with one attached hydrogen (secondary N) is 1. The molecule has 2 aromatic carbocycles. The van der Waals surface area contributed by atoms with Gasteiger partial charge in [-0.05, 0) is 48.6 Å². The SMILES string of the molecule is COCCNCCC(Cc1c(Cl)cccc1Cl)c1ccccc1. The van der Waals surface area contributed by atoms with Gasteiger partial charge in [-0.3, -0.25) is 0 Å². The molecule has 0 heterocycles. The Morgan fingerprint density at radius 3 is 2.30 bits per heavy atom. The van der Waals surface area contributed by atoms with Gasteiger partial charge in [-0.2, -0.15) is 0 Å². The van der Waals surface area contributed by atoms with E-state index in [9.17, 15) is 0 Å². The van der Waals surface area contributed by atoms with Gasteiger partial charge < -0.3 is 10.1 Å². The van der Waals surface area contributed by atoms with Gasteiger partial charge in [0.2, 0.25) is 0 Å². The largest absolute Gasteiger partial charge is 0.383 e. The Balaban J connectivity index is 2.07. The molecule has 0 aliphatic carbocycles. The van der Waals surface area contributed by atoms with Crippen LogP contribution in [0.1, 0.15) is 23.5 Å². The van der Waals surface area contributed by atoms with Crippen LogP contribution in [-0.2, 0) is 11.2 Å². The quantitative estimate of drug-likeness (QED) is 0.645. The van der Waals surface area contributed by atoms with Crippen LogP contribution in [0, 0.1) is 0 Å². The third-order valence-electron chi connectivity index (χ3n) is 3.94. The van der Waals surface area contributed by atoms with Gasteiger partial charge in [0.25, 0.3) is 0 Å². The summed E-state index contributed by atoms with van der Waals surface area (Å²) >= 11 is 12.7. The van der Waals surface area contributed by atoms with Crippen LogP contribution in [0.25, 0.3) is 0 Å². The summed E-state index contributed by atoms with van der Waals surface area (Å²) in [6.45, 7) is 2.53. The molecule has 0 saturated heterocycles. The van der Waals surface area contributed by atoms with Gasteiger partial charge in [-0.25, -0.2) is 0 Å². The first-order chi connectivity index (χ1) is 11.2. The Hall–Kier alpha value is -1.06.